The third kappa shape index (κ3) is 4.02. The molecule has 34 heavy (non-hydrogen) atoms. The lowest BCUT2D eigenvalue weighted by Gasteiger charge is -2.35. The molecule has 0 bridgehead atoms. The summed E-state index contributed by atoms with van der Waals surface area (Å²) in [5.74, 6) is -0.194. The first-order chi connectivity index (χ1) is 16.2. The van der Waals surface area contributed by atoms with Gasteiger partial charge >= 0.3 is 12.2 Å². The number of rotatable bonds is 4. The zero-order valence-electron chi connectivity index (χ0n) is 18.7. The minimum absolute atomic E-state index is 0.194. The molecule has 0 aliphatic carbocycles. The monoisotopic (exact) mass is 490 g/mol. The number of benzene rings is 2. The number of nitrogens with one attached hydrogen (secondary N) is 1. The third-order valence-corrected chi connectivity index (χ3v) is 7.93. The van der Waals surface area contributed by atoms with Crippen LogP contribution in [0.3, 0.4) is 0 Å². The number of carbonyl (C=O) groups excluding carboxylic acids is 2. The zero-order valence-corrected chi connectivity index (χ0v) is 19.5. The van der Waals surface area contributed by atoms with Crippen molar-refractivity contribution in [2.45, 2.75) is 40.8 Å². The standard InChI is InChI=1S/C24H25F3N4O2S/c1-29-13-9-23(10-14-29)21(32)31(22(33)28-23)12-4-11-30-17-5-2-3-6-19(17)34-20-8-7-16(15-18(20)30)24(25,26)27/h2-3,5-8,15H,4,9-14H2,1H3,(H,28,33). The first-order valence-corrected chi connectivity index (χ1v) is 12.1. The number of alkyl halides is 3. The van der Waals surface area contributed by atoms with E-state index in [0.717, 1.165) is 34.6 Å². The van der Waals surface area contributed by atoms with E-state index in [1.54, 1.807) is 0 Å². The summed E-state index contributed by atoms with van der Waals surface area (Å²) in [6.07, 6.45) is -2.85. The molecule has 0 atom stereocenters. The first kappa shape index (κ1) is 23.0. The summed E-state index contributed by atoms with van der Waals surface area (Å²) in [4.78, 5) is 32.7. The second kappa shape index (κ2) is 8.49. The van der Waals surface area contributed by atoms with Gasteiger partial charge in [0.1, 0.15) is 5.54 Å². The molecule has 180 valence electrons. The lowest BCUT2D eigenvalue weighted by atomic mass is 9.87. The number of halogens is 3. The minimum atomic E-state index is -4.44. The summed E-state index contributed by atoms with van der Waals surface area (Å²) in [6.45, 7) is 2.06. The Kier molecular flexibility index (Phi) is 5.76. The van der Waals surface area contributed by atoms with Gasteiger partial charge in [0.25, 0.3) is 5.91 Å². The molecule has 3 heterocycles. The number of fused-ring (bicyclic) bond motifs is 2. The quantitative estimate of drug-likeness (QED) is 0.629. The molecular weight excluding hydrogens is 465 g/mol. The third-order valence-electron chi connectivity index (χ3n) is 6.80. The van der Waals surface area contributed by atoms with Crippen molar-refractivity contribution in [2.75, 3.05) is 38.1 Å². The lowest BCUT2D eigenvalue weighted by Crippen LogP contribution is -2.54. The average Bonchev–Trinajstić information content (AvgIpc) is 3.03. The van der Waals surface area contributed by atoms with E-state index >= 15 is 0 Å². The summed E-state index contributed by atoms with van der Waals surface area (Å²) in [5.41, 5.74) is -0.216. The molecule has 3 aliphatic heterocycles. The molecule has 0 saturated carbocycles. The molecular formula is C24H25F3N4O2S. The van der Waals surface area contributed by atoms with Gasteiger partial charge in [0.05, 0.1) is 16.9 Å². The molecule has 2 aromatic rings. The van der Waals surface area contributed by atoms with Crippen LogP contribution in [0.4, 0.5) is 29.3 Å². The Morgan fingerprint density at radius 2 is 1.65 bits per heavy atom. The van der Waals surface area contributed by atoms with Crippen LogP contribution in [0.1, 0.15) is 24.8 Å². The Labute approximate surface area is 200 Å². The summed E-state index contributed by atoms with van der Waals surface area (Å²) < 4.78 is 40.2. The molecule has 2 fully saturated rings. The molecule has 6 nitrogen and oxygen atoms in total. The Morgan fingerprint density at radius 3 is 2.38 bits per heavy atom. The fourth-order valence-electron chi connectivity index (χ4n) is 4.85. The number of amides is 3. The Balaban J connectivity index is 1.35. The number of nitrogens with zero attached hydrogens (tertiary/aromatic N) is 3. The highest BCUT2D eigenvalue weighted by Gasteiger charge is 2.51. The highest BCUT2D eigenvalue weighted by molar-refractivity contribution is 7.99. The molecule has 3 amide bonds. The van der Waals surface area contributed by atoms with Crippen LogP contribution in [0.5, 0.6) is 0 Å². The van der Waals surface area contributed by atoms with Crippen molar-refractivity contribution in [3.05, 3.63) is 48.0 Å². The van der Waals surface area contributed by atoms with Gasteiger partial charge in [-0.05, 0) is 56.6 Å². The van der Waals surface area contributed by atoms with E-state index in [9.17, 15) is 22.8 Å². The minimum Gasteiger partial charge on any atom is -0.340 e. The number of hydrogen-bond donors (Lipinski definition) is 1. The van der Waals surface area contributed by atoms with E-state index in [4.69, 9.17) is 0 Å². The van der Waals surface area contributed by atoms with Crippen LogP contribution in [0.2, 0.25) is 0 Å². The summed E-state index contributed by atoms with van der Waals surface area (Å²) in [7, 11) is 1.99. The SMILES string of the molecule is CN1CCC2(CC1)NC(=O)N(CCCN1c3ccccc3Sc3ccc(C(F)(F)F)cc31)C2=O. The lowest BCUT2D eigenvalue weighted by molar-refractivity contribution is -0.137. The van der Waals surface area contributed by atoms with Crippen LogP contribution in [-0.4, -0.2) is 60.5 Å². The van der Waals surface area contributed by atoms with Crippen molar-refractivity contribution in [2.24, 2.45) is 0 Å². The molecule has 0 radical (unpaired) electrons. The van der Waals surface area contributed by atoms with Crippen LogP contribution in [0.15, 0.2) is 52.3 Å². The highest BCUT2D eigenvalue weighted by atomic mass is 32.2. The van der Waals surface area contributed by atoms with Gasteiger partial charge in [-0.25, -0.2) is 4.79 Å². The number of para-hydroxylation sites is 1. The predicted molar refractivity (Wildman–Crippen MR) is 123 cm³/mol. The zero-order chi connectivity index (χ0) is 24.1. The van der Waals surface area contributed by atoms with Gasteiger partial charge in [-0.2, -0.15) is 13.2 Å². The number of urea groups is 1. The molecule has 3 aliphatic rings. The van der Waals surface area contributed by atoms with E-state index in [1.807, 2.05) is 36.2 Å². The Morgan fingerprint density at radius 1 is 0.971 bits per heavy atom. The summed E-state index contributed by atoms with van der Waals surface area (Å²) in [5, 5.41) is 2.90. The predicted octanol–water partition coefficient (Wildman–Crippen LogP) is 4.71. The van der Waals surface area contributed by atoms with Crippen LogP contribution >= 0.6 is 11.8 Å². The maximum absolute atomic E-state index is 13.4. The molecule has 2 saturated heterocycles. The number of carbonyl (C=O) groups is 2. The van der Waals surface area contributed by atoms with Crippen LogP contribution in [-0.2, 0) is 11.0 Å². The topological polar surface area (TPSA) is 55.9 Å². The van der Waals surface area contributed by atoms with Crippen LogP contribution in [0.25, 0.3) is 0 Å². The van der Waals surface area contributed by atoms with E-state index in [0.29, 0.717) is 31.5 Å². The van der Waals surface area contributed by atoms with E-state index in [-0.39, 0.29) is 18.5 Å². The molecule has 2 aromatic carbocycles. The number of hydrogen-bond acceptors (Lipinski definition) is 5. The second-order valence-electron chi connectivity index (χ2n) is 9.03. The molecule has 1 N–H and O–H groups in total. The molecule has 10 heteroatoms. The van der Waals surface area contributed by atoms with Crippen molar-refractivity contribution < 1.29 is 22.8 Å². The van der Waals surface area contributed by atoms with Gasteiger partial charge in [0.15, 0.2) is 0 Å². The molecule has 0 aromatic heterocycles. The van der Waals surface area contributed by atoms with Gasteiger partial charge < -0.3 is 15.1 Å². The fourth-order valence-corrected chi connectivity index (χ4v) is 5.93. The summed E-state index contributed by atoms with van der Waals surface area (Å²) >= 11 is 1.44. The normalized spacial score (nSPS) is 19.9. The first-order valence-electron chi connectivity index (χ1n) is 11.3. The van der Waals surface area contributed by atoms with Gasteiger partial charge in [-0.3, -0.25) is 9.69 Å². The molecule has 5 rings (SSSR count). The largest absolute Gasteiger partial charge is 0.416 e. The van der Waals surface area contributed by atoms with E-state index in [2.05, 4.69) is 10.2 Å². The maximum atomic E-state index is 13.4. The fraction of sp³-hybridized carbons (Fsp3) is 0.417. The number of imide groups is 1. The second-order valence-corrected chi connectivity index (χ2v) is 10.1. The average molecular weight is 491 g/mol. The van der Waals surface area contributed by atoms with Crippen molar-refractivity contribution >= 4 is 35.1 Å². The van der Waals surface area contributed by atoms with Gasteiger partial charge in [0, 0.05) is 36.0 Å². The molecule has 1 spiro atoms. The molecule has 0 unspecified atom stereocenters. The highest BCUT2D eigenvalue weighted by Crippen LogP contribution is 2.49. The van der Waals surface area contributed by atoms with Crippen molar-refractivity contribution in [1.82, 2.24) is 15.1 Å². The van der Waals surface area contributed by atoms with Crippen molar-refractivity contribution in [3.63, 3.8) is 0 Å². The Hall–Kier alpha value is -2.72. The van der Waals surface area contributed by atoms with Gasteiger partial charge in [0.2, 0.25) is 0 Å². The van der Waals surface area contributed by atoms with Gasteiger partial charge in [-0.15, -0.1) is 0 Å². The smallest absolute Gasteiger partial charge is 0.340 e. The van der Waals surface area contributed by atoms with E-state index < -0.39 is 17.3 Å². The Bertz CT molecular complexity index is 1130. The number of likely N-dealkylation sites (tertiary alicyclic amines) is 1. The van der Waals surface area contributed by atoms with Crippen LogP contribution < -0.4 is 10.2 Å². The maximum Gasteiger partial charge on any atom is 0.416 e. The van der Waals surface area contributed by atoms with Crippen molar-refractivity contribution in [1.29, 1.82) is 0 Å². The van der Waals surface area contributed by atoms with Gasteiger partial charge in [-0.1, -0.05) is 23.9 Å². The van der Waals surface area contributed by atoms with E-state index in [1.165, 1.54) is 28.8 Å². The summed E-state index contributed by atoms with van der Waals surface area (Å²) in [6, 6.07) is 11.0. The number of anilines is 2. The van der Waals surface area contributed by atoms with Crippen molar-refractivity contribution in [3.8, 4) is 0 Å². The number of piperidine rings is 1. The van der Waals surface area contributed by atoms with Crippen LogP contribution in [0, 0.1) is 0 Å².